The summed E-state index contributed by atoms with van der Waals surface area (Å²) in [5, 5.41) is 20.6. The Morgan fingerprint density at radius 3 is 1.67 bits per heavy atom. The third-order valence-electron chi connectivity index (χ3n) is 7.22. The Hall–Kier alpha value is -1.12. The van der Waals surface area contributed by atoms with Crippen molar-refractivity contribution in [1.82, 2.24) is 4.90 Å². The highest BCUT2D eigenvalue weighted by Crippen LogP contribution is 2.64. The van der Waals surface area contributed by atoms with Gasteiger partial charge in [0.15, 0.2) is 0 Å². The summed E-state index contributed by atoms with van der Waals surface area (Å²) < 4.78 is 12.5. The van der Waals surface area contributed by atoms with Gasteiger partial charge in [0.25, 0.3) is 8.32 Å². The van der Waals surface area contributed by atoms with Crippen molar-refractivity contribution in [2.75, 3.05) is 37.7 Å². The van der Waals surface area contributed by atoms with Crippen molar-refractivity contribution >= 4 is 89.3 Å². The molecule has 4 nitrogen and oxygen atoms in total. The van der Waals surface area contributed by atoms with Gasteiger partial charge in [-0.05, 0) is 15.4 Å². The molecule has 11 heteroatoms. The van der Waals surface area contributed by atoms with E-state index in [9.17, 15) is 0 Å². The summed E-state index contributed by atoms with van der Waals surface area (Å²) in [5.74, 6) is 1.62. The van der Waals surface area contributed by atoms with E-state index >= 15 is 0 Å². The first-order chi connectivity index (χ1) is 20.9. The zero-order valence-corrected chi connectivity index (χ0v) is 30.5. The monoisotopic (exact) mass is 697 g/mol. The molecule has 0 spiro atoms. The first-order valence-corrected chi connectivity index (χ1v) is 21.4. The molecule has 0 N–H and O–H groups in total. The summed E-state index contributed by atoms with van der Waals surface area (Å²) in [5.41, 5.74) is 0. The summed E-state index contributed by atoms with van der Waals surface area (Å²) in [6.45, 7) is 10.6. The van der Waals surface area contributed by atoms with Crippen molar-refractivity contribution in [1.29, 1.82) is 10.5 Å². The Kier molecular flexibility index (Phi) is 11.9. The molecule has 5 rings (SSSR count). The van der Waals surface area contributed by atoms with Gasteiger partial charge in [0.1, 0.15) is 0 Å². The molecule has 0 radical (unpaired) electrons. The van der Waals surface area contributed by atoms with E-state index in [1.165, 1.54) is 37.1 Å². The fraction of sp³-hybridized carbons (Fsp3) is 0.375. The van der Waals surface area contributed by atoms with Crippen LogP contribution in [0.2, 0.25) is 5.04 Å². The average molecular weight is 698 g/mol. The van der Waals surface area contributed by atoms with Crippen molar-refractivity contribution in [3.8, 4) is 12.1 Å². The van der Waals surface area contributed by atoms with Crippen LogP contribution in [0.5, 0.6) is 0 Å². The quantitative estimate of drug-likeness (QED) is 0.159. The largest absolute Gasteiger partial charge is 0.406 e. The molecule has 2 aromatic rings. The number of thioether (sulfide) groups is 6. The van der Waals surface area contributed by atoms with Gasteiger partial charge in [-0.15, -0.1) is 23.5 Å². The van der Waals surface area contributed by atoms with Crippen LogP contribution in [0.4, 0.5) is 0 Å². The minimum Gasteiger partial charge on any atom is -0.406 e. The normalized spacial score (nSPS) is 17.5. The van der Waals surface area contributed by atoms with Crippen molar-refractivity contribution in [2.24, 2.45) is 0 Å². The summed E-state index contributed by atoms with van der Waals surface area (Å²) in [6.07, 6.45) is 1.10. The Morgan fingerprint density at radius 1 is 0.767 bits per heavy atom. The van der Waals surface area contributed by atoms with Gasteiger partial charge in [0.05, 0.1) is 29.1 Å². The molecule has 0 unspecified atom stereocenters. The molecule has 3 aliphatic heterocycles. The van der Waals surface area contributed by atoms with Crippen LogP contribution in [0.3, 0.4) is 0 Å². The highest BCUT2D eigenvalue weighted by Gasteiger charge is 2.50. The smallest absolute Gasteiger partial charge is 0.261 e. The second-order valence-electron chi connectivity index (χ2n) is 11.1. The van der Waals surface area contributed by atoms with E-state index in [0.717, 1.165) is 31.1 Å². The standard InChI is InChI=1S/C32H35N3OS6Si/c1-32(2,3)43(24-12-6-4-7-13-24,25-14-8-5-9-15-25)36-19-18-35-22-26-27(23-35)40-30(39-26)31-41-28(37-20-10-16-33)29(42-31)38-21-11-17-34/h4-9,12-15H,10-11,18-23H2,1-3H3. The van der Waals surface area contributed by atoms with Crippen LogP contribution in [0.1, 0.15) is 33.6 Å². The van der Waals surface area contributed by atoms with Gasteiger partial charge >= 0.3 is 0 Å². The van der Waals surface area contributed by atoms with E-state index in [1.807, 2.05) is 47.0 Å². The van der Waals surface area contributed by atoms with Gasteiger partial charge in [-0.25, -0.2) is 0 Å². The minimum atomic E-state index is -2.52. The molecule has 0 aliphatic carbocycles. The van der Waals surface area contributed by atoms with Gasteiger partial charge < -0.3 is 4.43 Å². The number of nitriles is 2. The third kappa shape index (κ3) is 7.82. The fourth-order valence-electron chi connectivity index (χ4n) is 5.30. The van der Waals surface area contributed by atoms with Crippen LogP contribution in [-0.2, 0) is 4.43 Å². The number of hydrogen-bond acceptors (Lipinski definition) is 10. The summed E-state index contributed by atoms with van der Waals surface area (Å²) in [4.78, 5) is 5.48. The number of nitrogens with zero attached hydrogens (tertiary/aromatic N) is 3. The van der Waals surface area contributed by atoms with Crippen molar-refractivity contribution in [2.45, 2.75) is 38.7 Å². The lowest BCUT2D eigenvalue weighted by Gasteiger charge is -2.43. The van der Waals surface area contributed by atoms with E-state index in [0.29, 0.717) is 19.4 Å². The summed E-state index contributed by atoms with van der Waals surface area (Å²) >= 11 is 11.1. The Balaban J connectivity index is 1.21. The number of benzene rings is 2. The molecule has 3 aliphatic rings. The number of hydrogen-bond donors (Lipinski definition) is 0. The lowest BCUT2D eigenvalue weighted by molar-refractivity contribution is 0.231. The molecule has 224 valence electrons. The fourth-order valence-corrected chi connectivity index (χ4v) is 18.7. The second-order valence-corrected chi connectivity index (χ2v) is 22.9. The van der Waals surface area contributed by atoms with Gasteiger partial charge in [-0.1, -0.05) is 128 Å². The molecule has 2 aromatic carbocycles. The van der Waals surface area contributed by atoms with Gasteiger partial charge in [0.2, 0.25) is 0 Å². The van der Waals surface area contributed by atoms with Gasteiger partial charge in [0, 0.05) is 60.4 Å². The van der Waals surface area contributed by atoms with Crippen LogP contribution in [0, 0.1) is 22.7 Å². The Labute approximate surface area is 283 Å². The topological polar surface area (TPSA) is 60.0 Å². The highest BCUT2D eigenvalue weighted by molar-refractivity contribution is 8.42. The van der Waals surface area contributed by atoms with Crippen LogP contribution in [0.25, 0.3) is 0 Å². The minimum absolute atomic E-state index is 0.0182. The molecule has 3 heterocycles. The Bertz CT molecular complexity index is 1380. The molecule has 0 bridgehead atoms. The van der Waals surface area contributed by atoms with Crippen molar-refractivity contribution in [3.63, 3.8) is 0 Å². The first kappa shape index (κ1) is 33.2. The van der Waals surface area contributed by atoms with E-state index in [4.69, 9.17) is 14.9 Å². The predicted octanol–water partition coefficient (Wildman–Crippen LogP) is 8.60. The zero-order valence-electron chi connectivity index (χ0n) is 24.6. The molecule has 0 aromatic heterocycles. The van der Waals surface area contributed by atoms with Crippen LogP contribution in [0.15, 0.2) is 87.4 Å². The molecule has 43 heavy (non-hydrogen) atoms. The molecule has 0 fully saturated rings. The maximum absolute atomic E-state index is 8.99. The third-order valence-corrected chi connectivity index (χ3v) is 21.0. The van der Waals surface area contributed by atoms with Crippen molar-refractivity contribution in [3.05, 3.63) is 87.4 Å². The number of rotatable bonds is 12. The van der Waals surface area contributed by atoms with E-state index in [1.54, 1.807) is 23.5 Å². The van der Waals surface area contributed by atoms with Gasteiger partial charge in [-0.2, -0.15) is 10.5 Å². The molecule has 0 saturated heterocycles. The Morgan fingerprint density at radius 2 is 1.23 bits per heavy atom. The molecule has 0 amide bonds. The van der Waals surface area contributed by atoms with Crippen LogP contribution >= 0.6 is 70.6 Å². The lowest BCUT2D eigenvalue weighted by atomic mass is 10.2. The van der Waals surface area contributed by atoms with Crippen molar-refractivity contribution < 1.29 is 4.43 Å². The molecule has 0 atom stereocenters. The maximum Gasteiger partial charge on any atom is 0.261 e. The van der Waals surface area contributed by atoms with E-state index in [-0.39, 0.29) is 5.04 Å². The summed E-state index contributed by atoms with van der Waals surface area (Å²) in [7, 11) is -2.52. The molecular weight excluding hydrogens is 663 g/mol. The van der Waals surface area contributed by atoms with E-state index < -0.39 is 8.32 Å². The van der Waals surface area contributed by atoms with Crippen LogP contribution in [-0.4, -0.2) is 51.0 Å². The maximum atomic E-state index is 8.99. The zero-order chi connectivity index (χ0) is 30.3. The molecular formula is C32H35N3OS6Si. The average Bonchev–Trinajstić information content (AvgIpc) is 3.70. The molecule has 0 saturated carbocycles. The van der Waals surface area contributed by atoms with E-state index in [2.05, 4.69) is 98.5 Å². The lowest BCUT2D eigenvalue weighted by Crippen LogP contribution is -2.67. The summed E-state index contributed by atoms with van der Waals surface area (Å²) in [6, 6.07) is 26.3. The highest BCUT2D eigenvalue weighted by atomic mass is 32.3. The van der Waals surface area contributed by atoms with Crippen LogP contribution < -0.4 is 10.4 Å². The van der Waals surface area contributed by atoms with Gasteiger partial charge in [-0.3, -0.25) is 4.90 Å². The SMILES string of the molecule is CC(C)(C)[Si](OCCN1CC2=C(C1)SC(=C1SC(SCCC#N)=C(SCCC#N)S1)S2)(c1ccccc1)c1ccccc1. The predicted molar refractivity (Wildman–Crippen MR) is 197 cm³/mol. The second kappa shape index (κ2) is 15.4. The first-order valence-electron chi connectivity index (χ1n) is 14.2.